The van der Waals surface area contributed by atoms with Gasteiger partial charge in [-0.25, -0.2) is 0 Å². The zero-order valence-electron chi connectivity index (χ0n) is 2.14. The molecular formula is H3ClO3S. The van der Waals surface area contributed by atoms with Crippen molar-refractivity contribution in [2.75, 3.05) is 0 Å². The predicted octanol–water partition coefficient (Wildman–Crippen LogP) is -2.82. The summed E-state index contributed by atoms with van der Waals surface area (Å²) in [6.07, 6.45) is 0. The fourth-order valence-corrected chi connectivity index (χ4v) is 0. The van der Waals surface area contributed by atoms with Gasteiger partial charge in [0.1, 0.15) is 0 Å². The molecule has 3 nitrogen and oxygen atoms in total. The van der Waals surface area contributed by atoms with Gasteiger partial charge in [-0.2, -0.15) is 13.5 Å². The first-order valence-corrected chi connectivity index (χ1v) is 1.43. The number of hydrogen-bond donors (Lipinski definition) is 1. The van der Waals surface area contributed by atoms with Crippen LogP contribution < -0.4 is 9.32 Å². The van der Waals surface area contributed by atoms with Crippen LogP contribution in [0, 0.1) is 10.8 Å². The topological polar surface area (TPSA) is 66.3 Å². The molecule has 34 valence electrons. The van der Waals surface area contributed by atoms with Crippen LogP contribution in [0.1, 0.15) is 0 Å². The van der Waals surface area contributed by atoms with Crippen molar-refractivity contribution in [3.8, 4) is 0 Å². The van der Waals surface area contributed by atoms with E-state index in [-0.39, 0.29) is 13.5 Å². The monoisotopic (exact) mass is 118 g/mol. The van der Waals surface area contributed by atoms with E-state index in [4.69, 9.17) is 14.0 Å². The molecule has 0 atom stereocenters. The molecular weight excluding hydrogens is 116 g/mol. The van der Waals surface area contributed by atoms with Gasteiger partial charge in [0.15, 0.2) is 0 Å². The number of rotatable bonds is 0. The van der Waals surface area contributed by atoms with Gasteiger partial charge in [0.05, 0.1) is 0 Å². The van der Waals surface area contributed by atoms with Gasteiger partial charge in [-0.05, 0) is 0 Å². The highest BCUT2D eigenvalue weighted by molar-refractivity contribution is 7.59. The van der Waals surface area contributed by atoms with Gasteiger partial charge in [-0.1, -0.05) is 0 Å². The Balaban J connectivity index is 0. The molecule has 0 heterocycles. The molecule has 0 aromatic carbocycles. The van der Waals surface area contributed by atoms with Gasteiger partial charge in [-0.15, -0.1) is 0 Å². The molecule has 0 aliphatic rings. The highest BCUT2D eigenvalue weighted by atomic mass is 35.6. The van der Waals surface area contributed by atoms with Gasteiger partial charge < -0.3 is 9.32 Å². The second-order valence-corrected chi connectivity index (χ2v) is 0.603. The van der Waals surface area contributed by atoms with Crippen LogP contribution in [-0.4, -0.2) is 4.66 Å². The molecule has 0 amide bonds. The Hall–Kier alpha value is 0.520. The second-order valence-electron chi connectivity index (χ2n) is 0.201. The Morgan fingerprint density at radius 3 is 1.40 bits per heavy atom. The van der Waals surface area contributed by atoms with Crippen molar-refractivity contribution in [2.45, 2.75) is 0 Å². The van der Waals surface area contributed by atoms with Gasteiger partial charge >= 0.3 is 0 Å². The average molecular weight is 119 g/mol. The molecule has 0 saturated heterocycles. The van der Waals surface area contributed by atoms with Crippen LogP contribution in [0.25, 0.3) is 0 Å². The summed E-state index contributed by atoms with van der Waals surface area (Å²) in [5.41, 5.74) is 0. The first-order chi connectivity index (χ1) is 1.73. The summed E-state index contributed by atoms with van der Waals surface area (Å²) in [7, 11) is -2.60. The number of halogens is 1. The normalized spacial score (nSPS) is 7.20. The quantitative estimate of drug-likeness (QED) is 0.373. The van der Waals surface area contributed by atoms with Crippen LogP contribution in [-0.2, 0) is 0 Å². The van der Waals surface area contributed by atoms with Crippen LogP contribution >= 0.6 is 13.5 Å². The smallest absolute Gasteiger partial charge is 0.282 e. The van der Waals surface area contributed by atoms with Gasteiger partial charge in [0.2, 0.25) is 0 Å². The van der Waals surface area contributed by atoms with Crippen LogP contribution in [0.4, 0.5) is 0 Å². The summed E-state index contributed by atoms with van der Waals surface area (Å²) in [5.74, 6) is 0. The fraction of sp³-hybridized carbons (Fsp3) is 0. The number of hydrogen-bond acceptors (Lipinski definition) is 3. The van der Waals surface area contributed by atoms with Crippen molar-refractivity contribution in [2.24, 2.45) is 0 Å². The van der Waals surface area contributed by atoms with Crippen LogP contribution in [0.3, 0.4) is 0 Å². The molecule has 0 fully saturated rings. The molecule has 0 saturated carbocycles. The summed E-state index contributed by atoms with van der Waals surface area (Å²) in [5, 5.41) is 0. The summed E-state index contributed by atoms with van der Waals surface area (Å²) in [6.45, 7) is 0. The molecule has 5 heavy (non-hydrogen) atoms. The zero-order valence-corrected chi connectivity index (χ0v) is 3.90. The maximum absolute atomic E-state index is 8.52. The van der Waals surface area contributed by atoms with Crippen LogP contribution in [0.2, 0.25) is 0 Å². The van der Waals surface area contributed by atoms with Crippen molar-refractivity contribution in [3.63, 3.8) is 0 Å². The largest absolute Gasteiger partial charge is 0.321 e. The minimum absolute atomic E-state index is 0. The fourth-order valence-electron chi connectivity index (χ4n) is 0. The minimum atomic E-state index is -2.60. The lowest BCUT2D eigenvalue weighted by molar-refractivity contribution is -1.63. The molecule has 0 rings (SSSR count). The Morgan fingerprint density at radius 2 is 1.40 bits per heavy atom. The molecule has 0 aromatic heterocycles. The van der Waals surface area contributed by atoms with Crippen molar-refractivity contribution in [1.82, 2.24) is 0 Å². The Kier molecular flexibility index (Phi) is 8.23. The predicted molar refractivity (Wildman–Crippen MR) is 12.6 cm³/mol. The summed E-state index contributed by atoms with van der Waals surface area (Å²) >= 11 is 0. The molecule has 0 radical (unpaired) electrons. The average Bonchev–Trinajstić information content (AvgIpc) is 0.811. The lowest BCUT2D eigenvalue weighted by Gasteiger charge is -1.72. The molecule has 0 bridgehead atoms. The van der Waals surface area contributed by atoms with Gasteiger partial charge in [-0.3, -0.25) is 0 Å². The highest BCUT2D eigenvalue weighted by Gasteiger charge is 1.79. The molecule has 1 N–H and O–H groups in total. The standard InChI is InChI=1S/ClHO3.H2S/c2-1(3)4;/h2H;1H2. The third-order valence-corrected chi connectivity index (χ3v) is 0. The van der Waals surface area contributed by atoms with E-state index in [1.807, 2.05) is 0 Å². The lowest BCUT2D eigenvalue weighted by Crippen LogP contribution is -2.30. The first kappa shape index (κ1) is 9.10. The van der Waals surface area contributed by atoms with E-state index < -0.39 is 10.8 Å². The van der Waals surface area contributed by atoms with Gasteiger partial charge in [0.25, 0.3) is 10.8 Å². The first-order valence-electron chi connectivity index (χ1n) is 0.478. The highest BCUT2D eigenvalue weighted by Crippen LogP contribution is 1.38. The Labute approximate surface area is 39.1 Å². The Bertz CT molecular complexity index is 11.6. The zero-order chi connectivity index (χ0) is 3.58. The summed E-state index contributed by atoms with van der Waals surface area (Å²) in [4.78, 5) is 0. The SMILES string of the molecule is S.[O-][Cl+2]([O-])O. The maximum Gasteiger partial charge on any atom is 0.282 e. The summed E-state index contributed by atoms with van der Waals surface area (Å²) in [6, 6.07) is 0. The second kappa shape index (κ2) is 4.52. The lowest BCUT2D eigenvalue weighted by atomic mass is 15.8. The van der Waals surface area contributed by atoms with Gasteiger partial charge in [0, 0.05) is 4.66 Å². The molecule has 0 aliphatic heterocycles. The van der Waals surface area contributed by atoms with Crippen molar-refractivity contribution in [1.29, 1.82) is 0 Å². The van der Waals surface area contributed by atoms with Crippen LogP contribution in [0.5, 0.6) is 0 Å². The van der Waals surface area contributed by atoms with E-state index in [0.717, 1.165) is 0 Å². The third-order valence-electron chi connectivity index (χ3n) is 0. The van der Waals surface area contributed by atoms with E-state index in [9.17, 15) is 0 Å². The molecule has 0 unspecified atom stereocenters. The van der Waals surface area contributed by atoms with Crippen molar-refractivity contribution >= 4 is 13.5 Å². The Morgan fingerprint density at radius 1 is 1.40 bits per heavy atom. The minimum Gasteiger partial charge on any atom is -0.321 e. The molecule has 5 heteroatoms. The van der Waals surface area contributed by atoms with E-state index in [2.05, 4.69) is 0 Å². The van der Waals surface area contributed by atoms with E-state index in [1.165, 1.54) is 0 Å². The van der Waals surface area contributed by atoms with E-state index >= 15 is 0 Å². The van der Waals surface area contributed by atoms with Crippen molar-refractivity contribution < 1.29 is 24.8 Å². The van der Waals surface area contributed by atoms with Crippen LogP contribution in [0.15, 0.2) is 0 Å². The maximum atomic E-state index is 8.52. The third kappa shape index (κ3) is 106. The van der Waals surface area contributed by atoms with E-state index in [0.29, 0.717) is 0 Å². The molecule has 0 aromatic rings. The molecule has 0 aliphatic carbocycles. The summed E-state index contributed by atoms with van der Waals surface area (Å²) < 4.78 is 24.0. The molecule has 0 spiro atoms. The van der Waals surface area contributed by atoms with Crippen molar-refractivity contribution in [3.05, 3.63) is 0 Å². The van der Waals surface area contributed by atoms with E-state index in [1.54, 1.807) is 0 Å².